The summed E-state index contributed by atoms with van der Waals surface area (Å²) in [6.45, 7) is -0.424. The van der Waals surface area contributed by atoms with E-state index in [0.717, 1.165) is 5.69 Å². The van der Waals surface area contributed by atoms with E-state index in [4.69, 9.17) is 9.15 Å². The summed E-state index contributed by atoms with van der Waals surface area (Å²) in [7, 11) is 0. The van der Waals surface area contributed by atoms with E-state index in [9.17, 15) is 9.59 Å². The Morgan fingerprint density at radius 1 is 0.926 bits per heavy atom. The van der Waals surface area contributed by atoms with Gasteiger partial charge in [0.05, 0.1) is 11.4 Å². The van der Waals surface area contributed by atoms with Crippen LogP contribution < -0.4 is 5.32 Å². The molecule has 8 heteroatoms. The van der Waals surface area contributed by atoms with Crippen molar-refractivity contribution < 1.29 is 18.7 Å². The highest BCUT2D eigenvalue weighted by Crippen LogP contribution is 2.20. The number of hydrogen-bond donors (Lipinski definition) is 1. The van der Waals surface area contributed by atoms with E-state index < -0.39 is 18.5 Å². The van der Waals surface area contributed by atoms with Crippen LogP contribution in [0.2, 0.25) is 0 Å². The van der Waals surface area contributed by atoms with E-state index in [1.807, 2.05) is 30.3 Å². The molecule has 3 aromatic rings. The lowest BCUT2D eigenvalue weighted by Crippen LogP contribution is -2.20. The van der Waals surface area contributed by atoms with Crippen molar-refractivity contribution in [1.29, 1.82) is 0 Å². The first-order chi connectivity index (χ1) is 13.1. The first-order valence-electron chi connectivity index (χ1n) is 7.89. The molecule has 0 radical (unpaired) electrons. The maximum atomic E-state index is 11.9. The van der Waals surface area contributed by atoms with Gasteiger partial charge in [-0.15, -0.1) is 0 Å². The number of nitrogens with zero attached hydrogens (tertiary/aromatic N) is 2. The standard InChI is InChI=1S/C19H14BrN3O4/c20-17-11-10-16(27-17)19(25)26-12-18(24)21-13-6-8-15(9-7-13)23-22-14-4-2-1-3-5-14/h1-11H,12H2,(H,21,24). The van der Waals surface area contributed by atoms with Gasteiger partial charge in [-0.1, -0.05) is 18.2 Å². The number of esters is 1. The number of benzene rings is 2. The summed E-state index contributed by atoms with van der Waals surface area (Å²) in [5.74, 6) is -1.16. The number of carbonyl (C=O) groups excluding carboxylic acids is 2. The van der Waals surface area contributed by atoms with Crippen molar-refractivity contribution in [2.75, 3.05) is 11.9 Å². The first kappa shape index (κ1) is 18.5. The highest BCUT2D eigenvalue weighted by Gasteiger charge is 2.14. The molecule has 0 aliphatic carbocycles. The van der Waals surface area contributed by atoms with E-state index in [2.05, 4.69) is 31.5 Å². The third kappa shape index (κ3) is 5.61. The molecule has 0 saturated carbocycles. The van der Waals surface area contributed by atoms with Crippen molar-refractivity contribution in [2.24, 2.45) is 10.2 Å². The fraction of sp³-hybridized carbons (Fsp3) is 0.0526. The molecule has 0 spiro atoms. The molecule has 0 fully saturated rings. The zero-order chi connectivity index (χ0) is 19.1. The van der Waals surface area contributed by atoms with Gasteiger partial charge >= 0.3 is 5.97 Å². The zero-order valence-electron chi connectivity index (χ0n) is 14.0. The van der Waals surface area contributed by atoms with Crippen LogP contribution in [0.25, 0.3) is 0 Å². The fourth-order valence-corrected chi connectivity index (χ4v) is 2.35. The maximum Gasteiger partial charge on any atom is 0.374 e. The summed E-state index contributed by atoms with van der Waals surface area (Å²) < 4.78 is 10.3. The van der Waals surface area contributed by atoms with Gasteiger partial charge in [0, 0.05) is 5.69 Å². The Hall–Kier alpha value is -3.26. The molecule has 0 unspecified atom stereocenters. The predicted octanol–water partition coefficient (Wildman–Crippen LogP) is 5.25. The van der Waals surface area contributed by atoms with E-state index >= 15 is 0 Å². The van der Waals surface area contributed by atoms with Gasteiger partial charge in [0.15, 0.2) is 11.3 Å². The van der Waals surface area contributed by atoms with Gasteiger partial charge in [-0.2, -0.15) is 10.2 Å². The van der Waals surface area contributed by atoms with Crippen LogP contribution in [0.5, 0.6) is 0 Å². The second kappa shape index (κ2) is 8.91. The van der Waals surface area contributed by atoms with Gasteiger partial charge in [-0.3, -0.25) is 4.79 Å². The first-order valence-corrected chi connectivity index (χ1v) is 8.68. The highest BCUT2D eigenvalue weighted by atomic mass is 79.9. The minimum Gasteiger partial charge on any atom is -0.450 e. The van der Waals surface area contributed by atoms with E-state index in [0.29, 0.717) is 16.0 Å². The summed E-state index contributed by atoms with van der Waals surface area (Å²) in [6.07, 6.45) is 0. The zero-order valence-corrected chi connectivity index (χ0v) is 15.5. The van der Waals surface area contributed by atoms with Crippen LogP contribution in [0, 0.1) is 0 Å². The molecule has 2 aromatic carbocycles. The van der Waals surface area contributed by atoms with Crippen LogP contribution in [-0.2, 0) is 9.53 Å². The topological polar surface area (TPSA) is 93.3 Å². The quantitative estimate of drug-likeness (QED) is 0.429. The summed E-state index contributed by atoms with van der Waals surface area (Å²) >= 11 is 3.09. The number of rotatable bonds is 6. The van der Waals surface area contributed by atoms with Crippen molar-refractivity contribution in [2.45, 2.75) is 0 Å². The molecule has 1 amide bonds. The average molecular weight is 428 g/mol. The second-order valence-corrected chi connectivity index (χ2v) is 6.09. The normalized spacial score (nSPS) is 10.7. The predicted molar refractivity (Wildman–Crippen MR) is 102 cm³/mol. The minimum absolute atomic E-state index is 0.0165. The van der Waals surface area contributed by atoms with E-state index in [1.54, 1.807) is 30.3 Å². The summed E-state index contributed by atoms with van der Waals surface area (Å²) in [6, 6.07) is 19.2. The fourth-order valence-electron chi connectivity index (χ4n) is 2.04. The molecular formula is C19H14BrN3O4. The van der Waals surface area contributed by atoms with Crippen LogP contribution in [-0.4, -0.2) is 18.5 Å². The molecular weight excluding hydrogens is 414 g/mol. The van der Waals surface area contributed by atoms with Crippen molar-refractivity contribution in [1.82, 2.24) is 0 Å². The SMILES string of the molecule is O=C(COC(=O)c1ccc(Br)o1)Nc1ccc(N=Nc2ccccc2)cc1. The van der Waals surface area contributed by atoms with Gasteiger partial charge in [-0.25, -0.2) is 4.79 Å². The second-order valence-electron chi connectivity index (χ2n) is 5.31. The number of halogens is 1. The lowest BCUT2D eigenvalue weighted by Gasteiger charge is -2.05. The van der Waals surface area contributed by atoms with Crippen molar-refractivity contribution in [3.63, 3.8) is 0 Å². The molecule has 0 aliphatic heterocycles. The van der Waals surface area contributed by atoms with Gasteiger partial charge in [0.2, 0.25) is 5.76 Å². The number of ether oxygens (including phenoxy) is 1. The Labute approximate surface area is 163 Å². The smallest absolute Gasteiger partial charge is 0.374 e. The number of azo groups is 1. The number of carbonyl (C=O) groups is 2. The molecule has 0 saturated heterocycles. The minimum atomic E-state index is -0.715. The molecule has 1 aromatic heterocycles. The van der Waals surface area contributed by atoms with Crippen LogP contribution in [0.4, 0.5) is 17.1 Å². The third-order valence-corrected chi connectivity index (χ3v) is 3.72. The van der Waals surface area contributed by atoms with Gasteiger partial charge in [0.25, 0.3) is 5.91 Å². The van der Waals surface area contributed by atoms with Gasteiger partial charge in [-0.05, 0) is 64.5 Å². The van der Waals surface area contributed by atoms with Crippen molar-refractivity contribution in [3.05, 3.63) is 77.2 Å². The van der Waals surface area contributed by atoms with Crippen LogP contribution in [0.15, 0.2) is 86.0 Å². The molecule has 27 heavy (non-hydrogen) atoms. The largest absolute Gasteiger partial charge is 0.450 e. The molecule has 0 atom stereocenters. The summed E-state index contributed by atoms with van der Waals surface area (Å²) in [4.78, 5) is 23.6. The molecule has 1 heterocycles. The Balaban J connectivity index is 1.49. The molecule has 3 rings (SSSR count). The van der Waals surface area contributed by atoms with Gasteiger partial charge in [0.1, 0.15) is 0 Å². The third-order valence-electron chi connectivity index (χ3n) is 3.30. The Morgan fingerprint density at radius 2 is 1.59 bits per heavy atom. The summed E-state index contributed by atoms with van der Waals surface area (Å²) in [5.41, 5.74) is 1.95. The monoisotopic (exact) mass is 427 g/mol. The Morgan fingerprint density at radius 3 is 2.22 bits per heavy atom. The van der Waals surface area contributed by atoms with E-state index in [-0.39, 0.29) is 5.76 Å². The van der Waals surface area contributed by atoms with Crippen LogP contribution in [0.3, 0.4) is 0 Å². The van der Waals surface area contributed by atoms with Gasteiger partial charge < -0.3 is 14.5 Å². The highest BCUT2D eigenvalue weighted by molar-refractivity contribution is 9.10. The van der Waals surface area contributed by atoms with Crippen LogP contribution in [0.1, 0.15) is 10.6 Å². The number of nitrogens with one attached hydrogen (secondary N) is 1. The Bertz CT molecular complexity index is 953. The lowest BCUT2D eigenvalue weighted by molar-refractivity contribution is -0.119. The van der Waals surface area contributed by atoms with Crippen LogP contribution >= 0.6 is 15.9 Å². The molecule has 1 N–H and O–H groups in total. The molecule has 0 bridgehead atoms. The van der Waals surface area contributed by atoms with Crippen molar-refractivity contribution in [3.8, 4) is 0 Å². The Kier molecular flexibility index (Phi) is 6.11. The number of hydrogen-bond acceptors (Lipinski definition) is 6. The summed E-state index contributed by atoms with van der Waals surface area (Å²) in [5, 5.41) is 10.9. The molecule has 136 valence electrons. The molecule has 7 nitrogen and oxygen atoms in total. The maximum absolute atomic E-state index is 11.9. The number of furan rings is 1. The number of amides is 1. The average Bonchev–Trinajstić information content (AvgIpc) is 3.13. The van der Waals surface area contributed by atoms with Crippen molar-refractivity contribution >= 4 is 44.9 Å². The lowest BCUT2D eigenvalue weighted by atomic mass is 10.3. The number of anilines is 1. The molecule has 0 aliphatic rings. The van der Waals surface area contributed by atoms with E-state index in [1.165, 1.54) is 6.07 Å².